The van der Waals surface area contributed by atoms with Crippen LogP contribution in [0.5, 0.6) is 0 Å². The molecule has 0 spiro atoms. The Labute approximate surface area is 263 Å². The van der Waals surface area contributed by atoms with Crippen LogP contribution in [0.3, 0.4) is 0 Å². The molecular formula is C34H35ClFN3O4S. The van der Waals surface area contributed by atoms with Gasteiger partial charge in [0.2, 0.25) is 11.8 Å². The van der Waals surface area contributed by atoms with Gasteiger partial charge in [-0.05, 0) is 60.0 Å². The Kier molecular flexibility index (Phi) is 11.5. The molecule has 0 aromatic heterocycles. The molecule has 4 aromatic rings. The van der Waals surface area contributed by atoms with Gasteiger partial charge in [0.05, 0.1) is 10.6 Å². The van der Waals surface area contributed by atoms with Crippen molar-refractivity contribution in [3.8, 4) is 0 Å². The quantitative estimate of drug-likeness (QED) is 0.166. The number of rotatable bonds is 14. The number of nitrogens with one attached hydrogen (secondary N) is 1. The summed E-state index contributed by atoms with van der Waals surface area (Å²) < 4.78 is 42.6. The number of carbonyl (C=O) groups excluding carboxylic acids is 2. The van der Waals surface area contributed by atoms with Crippen molar-refractivity contribution in [3.63, 3.8) is 0 Å². The van der Waals surface area contributed by atoms with Crippen molar-refractivity contribution in [2.75, 3.05) is 17.4 Å². The van der Waals surface area contributed by atoms with Crippen LogP contribution in [0.25, 0.3) is 0 Å². The van der Waals surface area contributed by atoms with E-state index in [1.54, 1.807) is 42.5 Å². The molecule has 0 saturated carbocycles. The molecule has 0 aliphatic heterocycles. The standard InChI is InChI=1S/C34H35ClFN3O4S/c1-2-3-22-37-34(41)32(23-26-12-6-4-7-13-26)38(24-27-14-10-11-17-31(27)35)33(40)25-39(29-20-18-28(36)19-21-29)44(42,43)30-15-8-5-9-16-30/h4-21,32H,2-3,22-25H2,1H3,(H,37,41)/t32-/m0/s1. The summed E-state index contributed by atoms with van der Waals surface area (Å²) in [6.45, 7) is 1.76. The predicted octanol–water partition coefficient (Wildman–Crippen LogP) is 6.23. The highest BCUT2D eigenvalue weighted by atomic mass is 35.5. The summed E-state index contributed by atoms with van der Waals surface area (Å²) in [7, 11) is -4.26. The Hall–Kier alpha value is -4.21. The minimum absolute atomic E-state index is 0.0343. The SMILES string of the molecule is CCCCNC(=O)[C@H](Cc1ccccc1)N(Cc1ccccc1Cl)C(=O)CN(c1ccc(F)cc1)S(=O)(=O)c1ccccc1. The Morgan fingerprint density at radius 2 is 1.48 bits per heavy atom. The van der Waals surface area contributed by atoms with Crippen LogP contribution in [0.15, 0.2) is 114 Å². The molecule has 0 radical (unpaired) electrons. The summed E-state index contributed by atoms with van der Waals surface area (Å²) >= 11 is 6.51. The van der Waals surface area contributed by atoms with Crippen molar-refractivity contribution in [3.05, 3.63) is 131 Å². The van der Waals surface area contributed by atoms with Gasteiger partial charge < -0.3 is 10.2 Å². The fourth-order valence-corrected chi connectivity index (χ4v) is 6.36. The average molecular weight is 636 g/mol. The van der Waals surface area contributed by atoms with Crippen molar-refractivity contribution >= 4 is 39.1 Å². The maximum absolute atomic E-state index is 14.4. The molecule has 4 aromatic carbocycles. The minimum atomic E-state index is -4.26. The molecule has 10 heteroatoms. The molecule has 2 amide bonds. The molecule has 0 heterocycles. The molecule has 0 unspecified atom stereocenters. The number of hydrogen-bond donors (Lipinski definition) is 1. The minimum Gasteiger partial charge on any atom is -0.354 e. The van der Waals surface area contributed by atoms with Crippen LogP contribution in [0.2, 0.25) is 5.02 Å². The van der Waals surface area contributed by atoms with Gasteiger partial charge in [0.15, 0.2) is 0 Å². The highest BCUT2D eigenvalue weighted by Crippen LogP contribution is 2.26. The second-order valence-electron chi connectivity index (χ2n) is 10.3. The zero-order chi connectivity index (χ0) is 31.5. The van der Waals surface area contributed by atoms with Crippen LogP contribution in [0.1, 0.15) is 30.9 Å². The maximum atomic E-state index is 14.4. The molecular weight excluding hydrogens is 601 g/mol. The van der Waals surface area contributed by atoms with E-state index in [1.165, 1.54) is 29.2 Å². The van der Waals surface area contributed by atoms with E-state index >= 15 is 0 Å². The summed E-state index contributed by atoms with van der Waals surface area (Å²) in [4.78, 5) is 29.5. The molecule has 230 valence electrons. The predicted molar refractivity (Wildman–Crippen MR) is 171 cm³/mol. The lowest BCUT2D eigenvalue weighted by atomic mass is 10.0. The molecule has 1 N–H and O–H groups in total. The first kappa shape index (κ1) is 32.7. The van der Waals surface area contributed by atoms with Gasteiger partial charge in [-0.3, -0.25) is 13.9 Å². The van der Waals surface area contributed by atoms with Crippen LogP contribution < -0.4 is 9.62 Å². The van der Waals surface area contributed by atoms with Crippen molar-refractivity contribution in [2.45, 2.75) is 43.7 Å². The zero-order valence-electron chi connectivity index (χ0n) is 24.4. The molecule has 0 aliphatic carbocycles. The lowest BCUT2D eigenvalue weighted by Gasteiger charge is -2.34. The maximum Gasteiger partial charge on any atom is 0.264 e. The first-order valence-electron chi connectivity index (χ1n) is 14.4. The second-order valence-corrected chi connectivity index (χ2v) is 12.5. The molecule has 0 saturated heterocycles. The van der Waals surface area contributed by atoms with E-state index in [-0.39, 0.29) is 29.5 Å². The van der Waals surface area contributed by atoms with Crippen LogP contribution in [-0.2, 0) is 32.6 Å². The van der Waals surface area contributed by atoms with E-state index in [9.17, 15) is 22.4 Å². The van der Waals surface area contributed by atoms with Crippen LogP contribution in [0.4, 0.5) is 10.1 Å². The van der Waals surface area contributed by atoms with Gasteiger partial charge in [-0.15, -0.1) is 0 Å². The molecule has 4 rings (SSSR count). The number of nitrogens with zero attached hydrogens (tertiary/aromatic N) is 2. The molecule has 0 bridgehead atoms. The summed E-state index contributed by atoms with van der Waals surface area (Å²) in [5, 5.41) is 3.35. The third-order valence-electron chi connectivity index (χ3n) is 7.12. The number of amides is 2. The third-order valence-corrected chi connectivity index (χ3v) is 9.28. The number of sulfonamides is 1. The van der Waals surface area contributed by atoms with Crippen molar-refractivity contribution < 1.29 is 22.4 Å². The highest BCUT2D eigenvalue weighted by Gasteiger charge is 2.34. The van der Waals surface area contributed by atoms with Gasteiger partial charge in [-0.2, -0.15) is 0 Å². The van der Waals surface area contributed by atoms with Crippen LogP contribution in [-0.4, -0.2) is 44.3 Å². The van der Waals surface area contributed by atoms with Crippen molar-refractivity contribution in [1.29, 1.82) is 0 Å². The normalized spacial score (nSPS) is 11.9. The molecule has 1 atom stereocenters. The van der Waals surface area contributed by atoms with E-state index in [0.29, 0.717) is 17.1 Å². The number of unbranched alkanes of at least 4 members (excludes halogenated alkanes) is 1. The molecule has 0 aliphatic rings. The zero-order valence-corrected chi connectivity index (χ0v) is 26.0. The number of hydrogen-bond acceptors (Lipinski definition) is 4. The summed E-state index contributed by atoms with van der Waals surface area (Å²) in [5.74, 6) is -1.54. The van der Waals surface area contributed by atoms with E-state index in [4.69, 9.17) is 11.6 Å². The van der Waals surface area contributed by atoms with E-state index < -0.39 is 34.3 Å². The first-order valence-corrected chi connectivity index (χ1v) is 16.2. The molecule has 0 fully saturated rings. The van der Waals surface area contributed by atoms with E-state index in [1.807, 2.05) is 37.3 Å². The fraction of sp³-hybridized carbons (Fsp3) is 0.235. The van der Waals surface area contributed by atoms with Crippen LogP contribution >= 0.6 is 11.6 Å². The highest BCUT2D eigenvalue weighted by molar-refractivity contribution is 7.92. The molecule has 7 nitrogen and oxygen atoms in total. The first-order chi connectivity index (χ1) is 21.2. The summed E-state index contributed by atoms with van der Waals surface area (Å²) in [6.07, 6.45) is 1.82. The van der Waals surface area contributed by atoms with E-state index in [0.717, 1.165) is 34.8 Å². The van der Waals surface area contributed by atoms with Gasteiger partial charge in [0, 0.05) is 24.5 Å². The lowest BCUT2D eigenvalue weighted by molar-refractivity contribution is -0.140. The fourth-order valence-electron chi connectivity index (χ4n) is 4.73. The smallest absolute Gasteiger partial charge is 0.264 e. The Morgan fingerprint density at radius 1 is 0.864 bits per heavy atom. The van der Waals surface area contributed by atoms with E-state index in [2.05, 4.69) is 5.32 Å². The second kappa shape index (κ2) is 15.5. The van der Waals surface area contributed by atoms with Crippen LogP contribution in [0, 0.1) is 5.82 Å². The number of benzene rings is 4. The summed E-state index contributed by atoms with van der Waals surface area (Å²) in [5.41, 5.74) is 1.53. The Balaban J connectivity index is 1.78. The third kappa shape index (κ3) is 8.45. The monoisotopic (exact) mass is 635 g/mol. The summed E-state index contributed by atoms with van der Waals surface area (Å²) in [6, 6.07) is 27.9. The molecule has 44 heavy (non-hydrogen) atoms. The van der Waals surface area contributed by atoms with Gasteiger partial charge in [0.1, 0.15) is 18.4 Å². The van der Waals surface area contributed by atoms with Gasteiger partial charge in [-0.1, -0.05) is 91.7 Å². The Morgan fingerprint density at radius 3 is 2.11 bits per heavy atom. The van der Waals surface area contributed by atoms with Crippen molar-refractivity contribution in [2.24, 2.45) is 0 Å². The lowest BCUT2D eigenvalue weighted by Crippen LogP contribution is -2.53. The van der Waals surface area contributed by atoms with Crippen molar-refractivity contribution in [1.82, 2.24) is 10.2 Å². The average Bonchev–Trinajstić information content (AvgIpc) is 3.03. The number of halogens is 2. The number of anilines is 1. The topological polar surface area (TPSA) is 86.8 Å². The number of carbonyl (C=O) groups is 2. The van der Waals surface area contributed by atoms with Gasteiger partial charge >= 0.3 is 0 Å². The largest absolute Gasteiger partial charge is 0.354 e. The van der Waals surface area contributed by atoms with Gasteiger partial charge in [-0.25, -0.2) is 12.8 Å². The van der Waals surface area contributed by atoms with Gasteiger partial charge in [0.25, 0.3) is 10.0 Å². The Bertz CT molecular complexity index is 1640.